The molecule has 1 saturated heterocycles. The first-order valence-electron chi connectivity index (χ1n) is 8.54. The number of benzene rings is 2. The number of aryl methyl sites for hydroxylation is 1. The third-order valence-corrected chi connectivity index (χ3v) is 5.34. The Morgan fingerprint density at radius 3 is 2.46 bits per heavy atom. The van der Waals surface area contributed by atoms with E-state index in [2.05, 4.69) is 47.1 Å². The molecule has 130 valence electrons. The molecule has 2 heterocycles. The van der Waals surface area contributed by atoms with Crippen LogP contribution in [0.2, 0.25) is 0 Å². The number of aromatic nitrogens is 1. The van der Waals surface area contributed by atoms with Gasteiger partial charge in [-0.2, -0.15) is 0 Å². The standard InChI is InChI=1S/C21H18N2O2S/c1-2-14-7-9-15(10-8-14)12-23-13-16(17-5-3-4-6-18(17)23)11-19-20(24)22-21(25)26-19/h3-11,13H,2,12H2,1H3,(H,22,24,25)/b19-11-. The Kier molecular flexibility index (Phi) is 4.39. The number of rotatable bonds is 4. The predicted molar refractivity (Wildman–Crippen MR) is 106 cm³/mol. The van der Waals surface area contributed by atoms with E-state index in [0.717, 1.165) is 41.2 Å². The zero-order valence-electron chi connectivity index (χ0n) is 14.4. The molecule has 1 aliphatic rings. The molecule has 26 heavy (non-hydrogen) atoms. The Bertz CT molecular complexity index is 1030. The summed E-state index contributed by atoms with van der Waals surface area (Å²) in [5.41, 5.74) is 4.60. The number of para-hydroxylation sites is 1. The largest absolute Gasteiger partial charge is 0.342 e. The van der Waals surface area contributed by atoms with Crippen molar-refractivity contribution in [2.24, 2.45) is 0 Å². The van der Waals surface area contributed by atoms with Gasteiger partial charge in [0.25, 0.3) is 11.1 Å². The summed E-state index contributed by atoms with van der Waals surface area (Å²) in [6.45, 7) is 2.90. The Balaban J connectivity index is 1.73. The van der Waals surface area contributed by atoms with Gasteiger partial charge in [0.15, 0.2) is 0 Å². The van der Waals surface area contributed by atoms with E-state index in [1.165, 1.54) is 11.1 Å². The van der Waals surface area contributed by atoms with Crippen LogP contribution in [0.5, 0.6) is 0 Å². The molecule has 0 atom stereocenters. The molecule has 1 aliphatic heterocycles. The second-order valence-corrected chi connectivity index (χ2v) is 7.27. The third-order valence-electron chi connectivity index (χ3n) is 4.53. The first kappa shape index (κ1) is 16.7. The van der Waals surface area contributed by atoms with Crippen LogP contribution in [-0.4, -0.2) is 15.7 Å². The average molecular weight is 362 g/mol. The molecule has 0 radical (unpaired) electrons. The number of fused-ring (bicyclic) bond motifs is 1. The predicted octanol–water partition coefficient (Wildman–Crippen LogP) is 4.58. The van der Waals surface area contributed by atoms with E-state index in [9.17, 15) is 9.59 Å². The lowest BCUT2D eigenvalue weighted by Crippen LogP contribution is -2.17. The van der Waals surface area contributed by atoms with Crippen LogP contribution in [0.15, 0.2) is 59.6 Å². The maximum atomic E-state index is 11.9. The summed E-state index contributed by atoms with van der Waals surface area (Å²) in [5, 5.41) is 3.05. The van der Waals surface area contributed by atoms with E-state index in [4.69, 9.17) is 0 Å². The summed E-state index contributed by atoms with van der Waals surface area (Å²) >= 11 is 0.947. The zero-order chi connectivity index (χ0) is 18.1. The average Bonchev–Trinajstić information content (AvgIpc) is 3.16. The number of carbonyl (C=O) groups is 2. The van der Waals surface area contributed by atoms with E-state index < -0.39 is 0 Å². The van der Waals surface area contributed by atoms with Gasteiger partial charge in [-0.25, -0.2) is 0 Å². The van der Waals surface area contributed by atoms with Crippen molar-refractivity contribution in [2.75, 3.05) is 0 Å². The highest BCUT2D eigenvalue weighted by molar-refractivity contribution is 8.18. The van der Waals surface area contributed by atoms with E-state index in [0.29, 0.717) is 4.91 Å². The minimum atomic E-state index is -0.327. The molecular weight excluding hydrogens is 344 g/mol. The lowest BCUT2D eigenvalue weighted by Gasteiger charge is -2.06. The Labute approximate surface area is 155 Å². The maximum Gasteiger partial charge on any atom is 0.290 e. The van der Waals surface area contributed by atoms with E-state index >= 15 is 0 Å². The SMILES string of the molecule is CCc1ccc(Cn2cc(/C=C3\SC(=O)NC3=O)c3ccccc32)cc1. The van der Waals surface area contributed by atoms with Crippen LogP contribution in [-0.2, 0) is 17.8 Å². The van der Waals surface area contributed by atoms with Crippen molar-refractivity contribution in [3.8, 4) is 0 Å². The van der Waals surface area contributed by atoms with Gasteiger partial charge in [-0.3, -0.25) is 14.9 Å². The molecule has 2 aromatic carbocycles. The molecule has 1 fully saturated rings. The van der Waals surface area contributed by atoms with Crippen LogP contribution >= 0.6 is 11.8 Å². The normalized spacial score (nSPS) is 15.8. The number of nitrogens with one attached hydrogen (secondary N) is 1. The summed E-state index contributed by atoms with van der Waals surface area (Å²) in [6, 6.07) is 16.7. The summed E-state index contributed by atoms with van der Waals surface area (Å²) < 4.78 is 2.18. The second-order valence-electron chi connectivity index (χ2n) is 6.25. The fourth-order valence-corrected chi connectivity index (χ4v) is 3.83. The third kappa shape index (κ3) is 3.18. The second kappa shape index (κ2) is 6.84. The van der Waals surface area contributed by atoms with Crippen LogP contribution < -0.4 is 5.32 Å². The molecule has 0 bridgehead atoms. The van der Waals surface area contributed by atoms with E-state index in [-0.39, 0.29) is 11.1 Å². The minimum absolute atomic E-state index is 0.319. The van der Waals surface area contributed by atoms with E-state index in [1.54, 1.807) is 6.08 Å². The molecule has 5 heteroatoms. The quantitative estimate of drug-likeness (QED) is 0.692. The number of hydrogen-bond acceptors (Lipinski definition) is 3. The van der Waals surface area contributed by atoms with Crippen LogP contribution in [0.1, 0.15) is 23.6 Å². The summed E-state index contributed by atoms with van der Waals surface area (Å²) in [6.07, 6.45) is 4.87. The molecule has 1 N–H and O–H groups in total. The van der Waals surface area contributed by atoms with Gasteiger partial charge >= 0.3 is 0 Å². The summed E-state index contributed by atoms with van der Waals surface area (Å²) in [4.78, 5) is 23.7. The Morgan fingerprint density at radius 2 is 1.77 bits per heavy atom. The van der Waals surface area contributed by atoms with Crippen molar-refractivity contribution in [2.45, 2.75) is 19.9 Å². The number of carbonyl (C=O) groups excluding carboxylic acids is 2. The number of thioether (sulfide) groups is 1. The van der Waals surface area contributed by atoms with Crippen LogP contribution in [0.4, 0.5) is 4.79 Å². The smallest absolute Gasteiger partial charge is 0.290 e. The molecule has 0 spiro atoms. The van der Waals surface area contributed by atoms with E-state index in [1.807, 2.05) is 24.4 Å². The number of nitrogens with zero attached hydrogens (tertiary/aromatic N) is 1. The fourth-order valence-electron chi connectivity index (χ4n) is 3.16. The summed E-state index contributed by atoms with van der Waals surface area (Å²) in [7, 11) is 0. The molecule has 4 rings (SSSR count). The lowest BCUT2D eigenvalue weighted by atomic mass is 10.1. The van der Waals surface area contributed by atoms with Crippen molar-refractivity contribution in [1.29, 1.82) is 0 Å². The highest BCUT2D eigenvalue weighted by atomic mass is 32.2. The highest BCUT2D eigenvalue weighted by Gasteiger charge is 2.25. The zero-order valence-corrected chi connectivity index (χ0v) is 15.2. The van der Waals surface area contributed by atoms with Gasteiger partial charge in [-0.1, -0.05) is 49.4 Å². The van der Waals surface area contributed by atoms with Crippen molar-refractivity contribution in [3.05, 3.63) is 76.3 Å². The molecule has 1 aromatic heterocycles. The maximum absolute atomic E-state index is 11.9. The monoisotopic (exact) mass is 362 g/mol. The molecule has 0 aliphatic carbocycles. The molecule has 2 amide bonds. The van der Waals surface area contributed by atoms with Gasteiger partial charge in [0, 0.05) is 29.2 Å². The van der Waals surface area contributed by atoms with Gasteiger partial charge in [0.05, 0.1) is 4.91 Å². The van der Waals surface area contributed by atoms with Crippen LogP contribution in [0, 0.1) is 0 Å². The van der Waals surface area contributed by atoms with Gasteiger partial charge in [0.2, 0.25) is 0 Å². The molecular formula is C21H18N2O2S. The number of hydrogen-bond donors (Lipinski definition) is 1. The van der Waals surface area contributed by atoms with Gasteiger partial charge in [-0.15, -0.1) is 0 Å². The van der Waals surface area contributed by atoms with Crippen molar-refractivity contribution in [3.63, 3.8) is 0 Å². The van der Waals surface area contributed by atoms with Gasteiger partial charge in [-0.05, 0) is 41.5 Å². The number of imide groups is 1. The molecule has 4 nitrogen and oxygen atoms in total. The minimum Gasteiger partial charge on any atom is -0.342 e. The van der Waals surface area contributed by atoms with Crippen LogP contribution in [0.25, 0.3) is 17.0 Å². The van der Waals surface area contributed by atoms with Crippen molar-refractivity contribution in [1.82, 2.24) is 9.88 Å². The first-order chi connectivity index (χ1) is 12.6. The highest BCUT2D eigenvalue weighted by Crippen LogP contribution is 2.30. The van der Waals surface area contributed by atoms with Gasteiger partial charge in [0.1, 0.15) is 0 Å². The van der Waals surface area contributed by atoms with Crippen molar-refractivity contribution >= 4 is 39.9 Å². The molecule has 0 saturated carbocycles. The lowest BCUT2D eigenvalue weighted by molar-refractivity contribution is -0.115. The van der Waals surface area contributed by atoms with Gasteiger partial charge < -0.3 is 4.57 Å². The first-order valence-corrected chi connectivity index (χ1v) is 9.36. The Hall–Kier alpha value is -2.79. The molecule has 0 unspecified atom stereocenters. The summed E-state index contributed by atoms with van der Waals surface area (Å²) in [5.74, 6) is -0.327. The van der Waals surface area contributed by atoms with Crippen molar-refractivity contribution < 1.29 is 9.59 Å². The Morgan fingerprint density at radius 1 is 1.04 bits per heavy atom. The molecule has 3 aromatic rings. The fraction of sp³-hybridized carbons (Fsp3) is 0.143. The number of amides is 2. The van der Waals surface area contributed by atoms with Crippen LogP contribution in [0.3, 0.4) is 0 Å². The topological polar surface area (TPSA) is 51.1 Å².